The molecule has 1 aliphatic heterocycles. The number of hydrogen-bond acceptors (Lipinski definition) is 7. The molecule has 1 aliphatic rings. The van der Waals surface area contributed by atoms with Crippen LogP contribution in [0.3, 0.4) is 0 Å². The van der Waals surface area contributed by atoms with Crippen molar-refractivity contribution in [1.29, 1.82) is 0 Å². The molecule has 3 rings (SSSR count). The molecular formula is C32H43F3N4O6. The number of carbonyl (C=O) groups excluding carboxylic acids is 3. The molecule has 1 aromatic heterocycles. The van der Waals surface area contributed by atoms with Gasteiger partial charge < -0.3 is 29.7 Å². The first kappa shape index (κ1) is 35.8. The van der Waals surface area contributed by atoms with Crippen LogP contribution in [-0.4, -0.2) is 95.4 Å². The monoisotopic (exact) mass is 636 g/mol. The number of halogens is 3. The van der Waals surface area contributed by atoms with Crippen molar-refractivity contribution < 1.29 is 42.1 Å². The summed E-state index contributed by atoms with van der Waals surface area (Å²) in [6.45, 7) is 5.96. The van der Waals surface area contributed by atoms with Crippen LogP contribution < -0.4 is 10.1 Å². The number of anilines is 1. The van der Waals surface area contributed by atoms with Gasteiger partial charge in [0.15, 0.2) is 0 Å². The molecule has 1 aromatic carbocycles. The largest absolute Gasteiger partial charge is 0.490 e. The molecule has 10 nitrogen and oxygen atoms in total. The summed E-state index contributed by atoms with van der Waals surface area (Å²) < 4.78 is 50.3. The SMILES string of the molecule is C[C@H](CO)N1C[C@H](C)[C@@H](CN(C)C(=O)c2ccncc2)OCCCC[C@H](C)Oc2ccc(NC(=O)CCC(F)(F)F)cc2C1=O. The summed E-state index contributed by atoms with van der Waals surface area (Å²) in [5.74, 6) is -1.55. The van der Waals surface area contributed by atoms with E-state index in [1.807, 2.05) is 13.8 Å². The molecule has 0 unspecified atom stereocenters. The van der Waals surface area contributed by atoms with E-state index in [-0.39, 0.29) is 54.6 Å². The molecule has 3 amide bonds. The summed E-state index contributed by atoms with van der Waals surface area (Å²) in [5, 5.41) is 12.5. The number of ether oxygens (including phenoxy) is 2. The lowest BCUT2D eigenvalue weighted by molar-refractivity contribution is -0.142. The lowest BCUT2D eigenvalue weighted by atomic mass is 10.0. The van der Waals surface area contributed by atoms with Crippen LogP contribution in [0, 0.1) is 5.92 Å². The summed E-state index contributed by atoms with van der Waals surface area (Å²) in [4.78, 5) is 46.5. The number of rotatable bonds is 8. The van der Waals surface area contributed by atoms with Gasteiger partial charge in [-0.3, -0.25) is 19.4 Å². The Kier molecular flexibility index (Phi) is 13.2. The fourth-order valence-electron chi connectivity index (χ4n) is 5.01. The van der Waals surface area contributed by atoms with E-state index in [0.29, 0.717) is 18.6 Å². The second-order valence-electron chi connectivity index (χ2n) is 11.6. The number of benzene rings is 1. The van der Waals surface area contributed by atoms with E-state index in [1.165, 1.54) is 23.1 Å². The molecular weight excluding hydrogens is 593 g/mol. The predicted octanol–water partition coefficient (Wildman–Crippen LogP) is 4.93. The van der Waals surface area contributed by atoms with Gasteiger partial charge in [0.05, 0.1) is 36.8 Å². The maximum Gasteiger partial charge on any atom is 0.389 e. The van der Waals surface area contributed by atoms with Crippen molar-refractivity contribution in [2.75, 3.05) is 38.7 Å². The Hall–Kier alpha value is -3.71. The minimum atomic E-state index is -4.48. The van der Waals surface area contributed by atoms with Gasteiger partial charge in [-0.05, 0) is 63.4 Å². The highest BCUT2D eigenvalue weighted by molar-refractivity contribution is 5.99. The van der Waals surface area contributed by atoms with Crippen LogP contribution in [-0.2, 0) is 9.53 Å². The highest BCUT2D eigenvalue weighted by Crippen LogP contribution is 2.29. The molecule has 0 spiro atoms. The van der Waals surface area contributed by atoms with Crippen molar-refractivity contribution in [3.05, 3.63) is 53.9 Å². The maximum absolute atomic E-state index is 14.1. The maximum atomic E-state index is 14.1. The summed E-state index contributed by atoms with van der Waals surface area (Å²) in [6.07, 6.45) is -1.97. The quantitative estimate of drug-likeness (QED) is 0.422. The minimum absolute atomic E-state index is 0.0995. The van der Waals surface area contributed by atoms with E-state index in [4.69, 9.17) is 9.47 Å². The Balaban J connectivity index is 1.91. The molecule has 2 heterocycles. The molecule has 45 heavy (non-hydrogen) atoms. The van der Waals surface area contributed by atoms with Gasteiger partial charge in [0.1, 0.15) is 5.75 Å². The summed E-state index contributed by atoms with van der Waals surface area (Å²) in [6, 6.07) is 7.03. The van der Waals surface area contributed by atoms with E-state index in [2.05, 4.69) is 10.3 Å². The molecule has 0 bridgehead atoms. The van der Waals surface area contributed by atoms with Crippen molar-refractivity contribution in [3.8, 4) is 5.75 Å². The van der Waals surface area contributed by atoms with Gasteiger partial charge in [0, 0.05) is 62.7 Å². The summed E-state index contributed by atoms with van der Waals surface area (Å²) in [7, 11) is 1.68. The van der Waals surface area contributed by atoms with E-state index >= 15 is 0 Å². The fraction of sp³-hybridized carbons (Fsp3) is 0.562. The standard InChI is InChI=1S/C32H43F3N4O6/c1-21-18-39(22(2)20-40)31(43)26-17-25(37-29(41)10-13-32(33,34)35)8-9-27(26)45-23(3)7-5-6-16-44-28(21)19-38(4)30(42)24-11-14-36-15-12-24/h8-9,11-12,14-15,17,21-23,28,40H,5-7,10,13,16,18-20H2,1-4H3,(H,37,41)/t21-,22+,23-,28+/m0/s1. The molecule has 2 aromatic rings. The first-order valence-corrected chi connectivity index (χ1v) is 15.1. The second-order valence-corrected chi connectivity index (χ2v) is 11.6. The Labute approximate surface area is 261 Å². The van der Waals surface area contributed by atoms with Gasteiger partial charge in [0.25, 0.3) is 11.8 Å². The number of nitrogens with one attached hydrogen (secondary N) is 1. The number of amides is 3. The number of nitrogens with zero attached hydrogens (tertiary/aromatic N) is 3. The van der Waals surface area contributed by atoms with Crippen molar-refractivity contribution in [2.24, 2.45) is 5.92 Å². The van der Waals surface area contributed by atoms with Crippen LogP contribution in [0.1, 0.15) is 73.6 Å². The van der Waals surface area contributed by atoms with E-state index in [9.17, 15) is 32.7 Å². The number of carbonyl (C=O) groups is 3. The lowest BCUT2D eigenvalue weighted by Gasteiger charge is -2.36. The van der Waals surface area contributed by atoms with Gasteiger partial charge in [-0.2, -0.15) is 13.2 Å². The predicted molar refractivity (Wildman–Crippen MR) is 162 cm³/mol. The highest BCUT2D eigenvalue weighted by atomic mass is 19.4. The number of pyridine rings is 1. The third-order valence-electron chi connectivity index (χ3n) is 7.70. The summed E-state index contributed by atoms with van der Waals surface area (Å²) >= 11 is 0. The summed E-state index contributed by atoms with van der Waals surface area (Å²) in [5.41, 5.74) is 0.731. The van der Waals surface area contributed by atoms with Gasteiger partial charge in [-0.1, -0.05) is 6.92 Å². The van der Waals surface area contributed by atoms with Gasteiger partial charge in [-0.15, -0.1) is 0 Å². The van der Waals surface area contributed by atoms with Crippen LogP contribution in [0.5, 0.6) is 5.75 Å². The number of aliphatic hydroxyl groups is 1. The second kappa shape index (κ2) is 16.6. The van der Waals surface area contributed by atoms with E-state index in [0.717, 1.165) is 12.8 Å². The first-order valence-electron chi connectivity index (χ1n) is 15.1. The molecule has 2 N–H and O–H groups in total. The van der Waals surface area contributed by atoms with Crippen LogP contribution in [0.2, 0.25) is 0 Å². The van der Waals surface area contributed by atoms with Crippen LogP contribution in [0.15, 0.2) is 42.7 Å². The third kappa shape index (κ3) is 11.0. The molecule has 0 saturated carbocycles. The average molecular weight is 637 g/mol. The number of fused-ring (bicyclic) bond motifs is 1. The number of aromatic nitrogens is 1. The molecule has 13 heteroatoms. The number of alkyl halides is 3. The van der Waals surface area contributed by atoms with Crippen LogP contribution >= 0.6 is 0 Å². The molecule has 248 valence electrons. The number of aliphatic hydroxyl groups excluding tert-OH is 1. The third-order valence-corrected chi connectivity index (χ3v) is 7.70. The number of hydrogen-bond donors (Lipinski definition) is 2. The first-order chi connectivity index (χ1) is 21.3. The molecule has 0 aliphatic carbocycles. The Bertz CT molecular complexity index is 1280. The topological polar surface area (TPSA) is 121 Å². The van der Waals surface area contributed by atoms with Gasteiger partial charge in [0.2, 0.25) is 5.91 Å². The smallest absolute Gasteiger partial charge is 0.389 e. The fourth-order valence-corrected chi connectivity index (χ4v) is 5.01. The Morgan fingerprint density at radius 2 is 1.89 bits per heavy atom. The molecule has 4 atom stereocenters. The van der Waals surface area contributed by atoms with Gasteiger partial charge >= 0.3 is 6.18 Å². The zero-order valence-electron chi connectivity index (χ0n) is 26.2. The molecule has 0 saturated heterocycles. The zero-order chi connectivity index (χ0) is 33.1. The van der Waals surface area contributed by atoms with Gasteiger partial charge in [-0.25, -0.2) is 0 Å². The van der Waals surface area contributed by atoms with Crippen molar-refractivity contribution in [3.63, 3.8) is 0 Å². The Morgan fingerprint density at radius 1 is 1.18 bits per heavy atom. The molecule has 0 radical (unpaired) electrons. The van der Waals surface area contributed by atoms with Crippen molar-refractivity contribution in [2.45, 2.75) is 77.3 Å². The van der Waals surface area contributed by atoms with Crippen molar-refractivity contribution >= 4 is 23.4 Å². The van der Waals surface area contributed by atoms with Crippen LogP contribution in [0.25, 0.3) is 0 Å². The van der Waals surface area contributed by atoms with E-state index < -0.39 is 43.0 Å². The van der Waals surface area contributed by atoms with E-state index in [1.54, 1.807) is 43.4 Å². The number of likely N-dealkylation sites (N-methyl/N-ethyl adjacent to an activating group) is 1. The molecule has 0 fully saturated rings. The normalized spacial score (nSPS) is 20.8. The average Bonchev–Trinajstić information content (AvgIpc) is 3.01. The van der Waals surface area contributed by atoms with Crippen molar-refractivity contribution in [1.82, 2.24) is 14.8 Å². The van der Waals surface area contributed by atoms with Crippen LogP contribution in [0.4, 0.5) is 18.9 Å². The lowest BCUT2D eigenvalue weighted by Crippen LogP contribution is -2.48. The highest BCUT2D eigenvalue weighted by Gasteiger charge is 2.32. The minimum Gasteiger partial charge on any atom is -0.490 e. The zero-order valence-corrected chi connectivity index (χ0v) is 26.2. The Morgan fingerprint density at radius 3 is 2.56 bits per heavy atom.